The fourth-order valence-corrected chi connectivity index (χ4v) is 5.03. The number of fused-ring (bicyclic) bond motifs is 3. The van der Waals surface area contributed by atoms with E-state index in [4.69, 9.17) is 9.84 Å². The van der Waals surface area contributed by atoms with Crippen molar-refractivity contribution in [2.24, 2.45) is 17.8 Å². The van der Waals surface area contributed by atoms with Gasteiger partial charge in [-0.05, 0) is 60.3 Å². The highest BCUT2D eigenvalue weighted by Gasteiger charge is 2.50. The van der Waals surface area contributed by atoms with Crippen LogP contribution in [0.25, 0.3) is 11.1 Å². The zero-order valence-electron chi connectivity index (χ0n) is 18.5. The molecule has 3 aliphatic rings. The summed E-state index contributed by atoms with van der Waals surface area (Å²) in [5.74, 6) is -1.53. The number of aliphatic carboxylic acids is 1. The summed E-state index contributed by atoms with van der Waals surface area (Å²) in [5, 5.41) is 14.7. The van der Waals surface area contributed by atoms with Crippen LogP contribution in [0.3, 0.4) is 0 Å². The number of hydrogen-bond donors (Lipinski definition) is 3. The maximum Gasteiger partial charge on any atom is 0.408 e. The van der Waals surface area contributed by atoms with Gasteiger partial charge in [0.15, 0.2) is 0 Å². The number of carboxylic acid groups (broad SMARTS) is 1. The van der Waals surface area contributed by atoms with Gasteiger partial charge in [-0.15, -0.1) is 0 Å². The minimum absolute atomic E-state index is 0.0376. The average Bonchev–Trinajstić information content (AvgIpc) is 3.72. The highest BCUT2D eigenvalue weighted by molar-refractivity contribution is 5.90. The van der Waals surface area contributed by atoms with E-state index in [0.29, 0.717) is 13.0 Å². The topological polar surface area (TPSA) is 105 Å². The van der Waals surface area contributed by atoms with Crippen molar-refractivity contribution in [1.29, 1.82) is 0 Å². The summed E-state index contributed by atoms with van der Waals surface area (Å²) in [6.07, 6.45) is 1.68. The van der Waals surface area contributed by atoms with Crippen molar-refractivity contribution in [2.45, 2.75) is 37.6 Å². The Labute approximate surface area is 192 Å². The first-order chi connectivity index (χ1) is 15.9. The van der Waals surface area contributed by atoms with Crippen LogP contribution in [0.5, 0.6) is 0 Å². The van der Waals surface area contributed by atoms with Gasteiger partial charge in [-0.1, -0.05) is 48.5 Å². The van der Waals surface area contributed by atoms with Crippen LogP contribution in [-0.4, -0.2) is 41.8 Å². The number of carbonyl (C=O) groups excluding carboxylic acids is 2. The molecule has 0 aromatic heterocycles. The fraction of sp³-hybridized carbons (Fsp3) is 0.423. The second kappa shape index (κ2) is 8.21. The number of alkyl carbamates (subject to hydrolysis) is 1. The van der Waals surface area contributed by atoms with E-state index in [0.717, 1.165) is 35.1 Å². The SMILES string of the molecule is CC(NC(=O)OCC1c2ccccc2-c2ccccc21)(C(=O)NC[C@@H]1C[C@@H]1C(=O)O)C1CC1. The normalized spacial score (nSPS) is 22.5. The molecule has 0 aliphatic heterocycles. The molecule has 2 aromatic carbocycles. The molecule has 7 nitrogen and oxygen atoms in total. The van der Waals surface area contributed by atoms with Gasteiger partial charge in [0, 0.05) is 12.5 Å². The fourth-order valence-electron chi connectivity index (χ4n) is 5.03. The summed E-state index contributed by atoms with van der Waals surface area (Å²) in [4.78, 5) is 36.8. The van der Waals surface area contributed by atoms with Gasteiger partial charge in [0.25, 0.3) is 0 Å². The molecule has 0 heterocycles. The van der Waals surface area contributed by atoms with E-state index < -0.39 is 17.6 Å². The third-order valence-electron chi connectivity index (χ3n) is 7.34. The first kappa shape index (κ1) is 21.5. The van der Waals surface area contributed by atoms with Gasteiger partial charge < -0.3 is 20.5 Å². The maximum absolute atomic E-state index is 12.9. The lowest BCUT2D eigenvalue weighted by Crippen LogP contribution is -2.58. The van der Waals surface area contributed by atoms with Crippen LogP contribution in [-0.2, 0) is 14.3 Å². The van der Waals surface area contributed by atoms with Crippen molar-refractivity contribution in [3.63, 3.8) is 0 Å². The monoisotopic (exact) mass is 448 g/mol. The molecule has 0 saturated heterocycles. The van der Waals surface area contributed by atoms with Gasteiger partial charge in [-0.25, -0.2) is 4.79 Å². The van der Waals surface area contributed by atoms with E-state index >= 15 is 0 Å². The molecule has 0 bridgehead atoms. The van der Waals surface area contributed by atoms with Gasteiger partial charge in [0.1, 0.15) is 12.1 Å². The number of nitrogens with one attached hydrogen (secondary N) is 2. The first-order valence-electron chi connectivity index (χ1n) is 11.5. The van der Waals surface area contributed by atoms with E-state index in [1.807, 2.05) is 24.3 Å². The third-order valence-corrected chi connectivity index (χ3v) is 7.34. The van der Waals surface area contributed by atoms with Gasteiger partial charge in [0.2, 0.25) is 5.91 Å². The molecule has 2 fully saturated rings. The highest BCUT2D eigenvalue weighted by Crippen LogP contribution is 2.45. The van der Waals surface area contributed by atoms with E-state index in [1.54, 1.807) is 6.92 Å². The van der Waals surface area contributed by atoms with Crippen molar-refractivity contribution in [3.05, 3.63) is 59.7 Å². The Morgan fingerprint density at radius 3 is 2.18 bits per heavy atom. The quantitative estimate of drug-likeness (QED) is 0.573. The Kier molecular flexibility index (Phi) is 5.35. The molecule has 0 spiro atoms. The summed E-state index contributed by atoms with van der Waals surface area (Å²) in [5.41, 5.74) is 3.50. The largest absolute Gasteiger partial charge is 0.481 e. The number of carbonyl (C=O) groups is 3. The van der Waals surface area contributed by atoms with Crippen molar-refractivity contribution in [1.82, 2.24) is 10.6 Å². The molecule has 0 radical (unpaired) electrons. The molecule has 1 unspecified atom stereocenters. The summed E-state index contributed by atoms with van der Waals surface area (Å²) in [6.45, 7) is 2.22. The van der Waals surface area contributed by atoms with E-state index in [1.165, 1.54) is 0 Å². The lowest BCUT2D eigenvalue weighted by Gasteiger charge is -2.29. The predicted octanol–water partition coefficient (Wildman–Crippen LogP) is 3.53. The zero-order valence-corrected chi connectivity index (χ0v) is 18.5. The standard InChI is InChI=1S/C26H28N2O5/c1-26(16-10-11-16,24(31)27-13-15-12-21(15)23(29)30)28-25(32)33-14-22-19-8-4-2-6-17(19)18-7-3-5-9-20(18)22/h2-9,15-16,21-22H,10-14H2,1H3,(H,27,31)(H,28,32)(H,29,30)/t15-,21-,26?/m0/s1. The van der Waals surface area contributed by atoms with Crippen LogP contribution in [0.15, 0.2) is 48.5 Å². The van der Waals surface area contributed by atoms with Crippen LogP contribution < -0.4 is 10.6 Å². The van der Waals surface area contributed by atoms with Crippen molar-refractivity contribution < 1.29 is 24.2 Å². The van der Waals surface area contributed by atoms with Crippen molar-refractivity contribution in [3.8, 4) is 11.1 Å². The van der Waals surface area contributed by atoms with Gasteiger partial charge in [-0.2, -0.15) is 0 Å². The molecule has 3 aliphatic carbocycles. The number of benzene rings is 2. The predicted molar refractivity (Wildman–Crippen MR) is 122 cm³/mol. The van der Waals surface area contributed by atoms with Crippen LogP contribution in [0.1, 0.15) is 43.2 Å². The lowest BCUT2D eigenvalue weighted by atomic mass is 9.94. The Balaban J connectivity index is 1.22. The average molecular weight is 449 g/mol. The zero-order chi connectivity index (χ0) is 23.2. The highest BCUT2D eigenvalue weighted by atomic mass is 16.5. The molecule has 5 rings (SSSR count). The molecular formula is C26H28N2O5. The number of hydrogen-bond acceptors (Lipinski definition) is 4. The Morgan fingerprint density at radius 1 is 1.03 bits per heavy atom. The molecule has 2 aromatic rings. The molecule has 33 heavy (non-hydrogen) atoms. The maximum atomic E-state index is 12.9. The van der Waals surface area contributed by atoms with Crippen LogP contribution in [0.2, 0.25) is 0 Å². The summed E-state index contributed by atoms with van der Waals surface area (Å²) in [6, 6.07) is 16.3. The molecular weight excluding hydrogens is 420 g/mol. The van der Waals surface area contributed by atoms with Gasteiger partial charge in [0.05, 0.1) is 5.92 Å². The minimum Gasteiger partial charge on any atom is -0.481 e. The number of carboxylic acids is 1. The number of ether oxygens (including phenoxy) is 1. The first-order valence-corrected chi connectivity index (χ1v) is 11.5. The molecule has 7 heteroatoms. The Bertz CT molecular complexity index is 1070. The minimum atomic E-state index is -1.07. The van der Waals surface area contributed by atoms with Gasteiger partial charge in [-0.3, -0.25) is 9.59 Å². The molecule has 3 N–H and O–H groups in total. The molecule has 3 atom stereocenters. The van der Waals surface area contributed by atoms with Crippen LogP contribution in [0.4, 0.5) is 4.79 Å². The molecule has 2 saturated carbocycles. The Hall–Kier alpha value is -3.35. The lowest BCUT2D eigenvalue weighted by molar-refractivity contribution is -0.139. The van der Waals surface area contributed by atoms with Crippen LogP contribution in [0, 0.1) is 17.8 Å². The van der Waals surface area contributed by atoms with E-state index in [2.05, 4.69) is 34.9 Å². The van der Waals surface area contributed by atoms with E-state index in [9.17, 15) is 14.4 Å². The summed E-state index contributed by atoms with van der Waals surface area (Å²) >= 11 is 0. The van der Waals surface area contributed by atoms with Gasteiger partial charge >= 0.3 is 12.1 Å². The summed E-state index contributed by atoms with van der Waals surface area (Å²) in [7, 11) is 0. The third kappa shape index (κ3) is 4.08. The Morgan fingerprint density at radius 2 is 1.64 bits per heavy atom. The van der Waals surface area contributed by atoms with E-state index in [-0.39, 0.29) is 36.2 Å². The number of rotatable bonds is 8. The summed E-state index contributed by atoms with van der Waals surface area (Å²) < 4.78 is 5.64. The molecule has 172 valence electrons. The van der Waals surface area contributed by atoms with Crippen LogP contribution >= 0.6 is 0 Å². The molecule has 2 amide bonds. The van der Waals surface area contributed by atoms with Crippen molar-refractivity contribution in [2.75, 3.05) is 13.2 Å². The smallest absolute Gasteiger partial charge is 0.408 e. The second-order valence-corrected chi connectivity index (χ2v) is 9.58. The second-order valence-electron chi connectivity index (χ2n) is 9.58. The number of amides is 2. The van der Waals surface area contributed by atoms with Crippen molar-refractivity contribution >= 4 is 18.0 Å².